The Morgan fingerprint density at radius 1 is 1.29 bits per heavy atom. The number of aryl methyl sites for hydroxylation is 2. The molecule has 114 valence electrons. The summed E-state index contributed by atoms with van der Waals surface area (Å²) in [5, 5.41) is 8.69. The lowest BCUT2D eigenvalue weighted by atomic mass is 10.0. The van der Waals surface area contributed by atoms with Gasteiger partial charge < -0.3 is 5.32 Å². The Labute approximate surface area is 139 Å². The third-order valence-corrected chi connectivity index (χ3v) is 4.71. The van der Waals surface area contributed by atoms with Crippen molar-refractivity contribution in [3.05, 3.63) is 50.7 Å². The number of halogens is 2. The van der Waals surface area contributed by atoms with Gasteiger partial charge in [-0.25, -0.2) is 0 Å². The molecule has 1 aromatic carbocycles. The van der Waals surface area contributed by atoms with Gasteiger partial charge in [0.2, 0.25) is 0 Å². The van der Waals surface area contributed by atoms with Crippen molar-refractivity contribution in [2.75, 3.05) is 7.05 Å². The highest BCUT2D eigenvalue weighted by Gasteiger charge is 2.17. The first-order valence-corrected chi connectivity index (χ1v) is 8.34. The molecule has 1 unspecified atom stereocenters. The van der Waals surface area contributed by atoms with E-state index < -0.39 is 0 Å². The zero-order valence-corrected chi connectivity index (χ0v) is 15.0. The number of likely N-dealkylation sites (N-methyl/N-ethyl adjacent to an activating group) is 1. The third-order valence-electron chi connectivity index (χ3n) is 3.75. The van der Waals surface area contributed by atoms with Crippen LogP contribution < -0.4 is 5.32 Å². The minimum absolute atomic E-state index is 0.337. The first-order chi connectivity index (χ1) is 10.0. The zero-order chi connectivity index (χ0) is 15.4. The van der Waals surface area contributed by atoms with Crippen LogP contribution in [0.3, 0.4) is 0 Å². The maximum absolute atomic E-state index is 6.44. The van der Waals surface area contributed by atoms with Gasteiger partial charge in [0.15, 0.2) is 0 Å². The van der Waals surface area contributed by atoms with Gasteiger partial charge in [0.1, 0.15) is 0 Å². The van der Waals surface area contributed by atoms with E-state index in [4.69, 9.17) is 11.6 Å². The second-order valence-electron chi connectivity index (χ2n) is 5.20. The van der Waals surface area contributed by atoms with Gasteiger partial charge in [-0.1, -0.05) is 46.6 Å². The highest BCUT2D eigenvalue weighted by atomic mass is 79.9. The van der Waals surface area contributed by atoms with Crippen molar-refractivity contribution in [1.82, 2.24) is 15.1 Å². The molecule has 0 saturated carbocycles. The number of nitrogens with zero attached hydrogens (tertiary/aromatic N) is 2. The second-order valence-corrected chi connectivity index (χ2v) is 6.50. The Kier molecular flexibility index (Phi) is 5.85. The minimum atomic E-state index is 0.337. The van der Waals surface area contributed by atoms with Crippen LogP contribution in [0.5, 0.6) is 0 Å². The molecule has 0 radical (unpaired) electrons. The van der Waals surface area contributed by atoms with Gasteiger partial charge in [-0.05, 0) is 37.6 Å². The standard InChI is InChI=1S/C16H21BrClN3/c1-4-14-16(18)15(21(3)20-14)10-13(19-2)9-11-5-7-12(17)8-6-11/h5-8,13,19H,4,9-10H2,1-3H3. The van der Waals surface area contributed by atoms with Crippen molar-refractivity contribution in [3.63, 3.8) is 0 Å². The van der Waals surface area contributed by atoms with Crippen LogP contribution in [0.15, 0.2) is 28.7 Å². The van der Waals surface area contributed by atoms with Crippen molar-refractivity contribution in [2.24, 2.45) is 7.05 Å². The quantitative estimate of drug-likeness (QED) is 0.839. The van der Waals surface area contributed by atoms with E-state index in [1.165, 1.54) is 5.56 Å². The molecule has 3 nitrogen and oxygen atoms in total. The fourth-order valence-electron chi connectivity index (χ4n) is 2.46. The summed E-state index contributed by atoms with van der Waals surface area (Å²) < 4.78 is 3.02. The molecule has 0 aliphatic carbocycles. The minimum Gasteiger partial charge on any atom is -0.316 e. The fraction of sp³-hybridized carbons (Fsp3) is 0.438. The van der Waals surface area contributed by atoms with Crippen LogP contribution in [0.4, 0.5) is 0 Å². The monoisotopic (exact) mass is 369 g/mol. The van der Waals surface area contributed by atoms with Crippen LogP contribution in [0, 0.1) is 0 Å². The lowest BCUT2D eigenvalue weighted by Gasteiger charge is -2.17. The molecule has 1 N–H and O–H groups in total. The molecule has 0 saturated heterocycles. The number of nitrogens with one attached hydrogen (secondary N) is 1. The molecule has 0 aliphatic heterocycles. The van der Waals surface area contributed by atoms with Crippen LogP contribution in [0.1, 0.15) is 23.9 Å². The van der Waals surface area contributed by atoms with Crippen molar-refractivity contribution in [3.8, 4) is 0 Å². The number of rotatable bonds is 6. The van der Waals surface area contributed by atoms with Gasteiger partial charge in [0.05, 0.1) is 16.4 Å². The summed E-state index contributed by atoms with van der Waals surface area (Å²) in [6.07, 6.45) is 2.70. The van der Waals surface area contributed by atoms with Gasteiger partial charge in [0, 0.05) is 24.0 Å². The van der Waals surface area contributed by atoms with Gasteiger partial charge in [-0.3, -0.25) is 4.68 Å². The number of hydrogen-bond acceptors (Lipinski definition) is 2. The summed E-state index contributed by atoms with van der Waals surface area (Å²) in [6, 6.07) is 8.79. The molecule has 0 amide bonds. The van der Waals surface area contributed by atoms with Gasteiger partial charge in [-0.15, -0.1) is 0 Å². The Hall–Kier alpha value is -0.840. The average Bonchev–Trinajstić information content (AvgIpc) is 2.75. The van der Waals surface area contributed by atoms with E-state index in [9.17, 15) is 0 Å². The van der Waals surface area contributed by atoms with E-state index >= 15 is 0 Å². The summed E-state index contributed by atoms with van der Waals surface area (Å²) in [6.45, 7) is 2.08. The Balaban J connectivity index is 2.12. The topological polar surface area (TPSA) is 29.9 Å². The first-order valence-electron chi connectivity index (χ1n) is 7.17. The van der Waals surface area contributed by atoms with Crippen LogP contribution in [-0.4, -0.2) is 22.9 Å². The molecule has 0 aliphatic rings. The molecule has 21 heavy (non-hydrogen) atoms. The van der Waals surface area contributed by atoms with E-state index in [1.54, 1.807) is 0 Å². The summed E-state index contributed by atoms with van der Waals surface area (Å²) in [5.74, 6) is 0. The molecule has 2 rings (SSSR count). The van der Waals surface area contributed by atoms with Gasteiger partial charge in [-0.2, -0.15) is 5.10 Å². The normalized spacial score (nSPS) is 12.6. The number of hydrogen-bond donors (Lipinski definition) is 1. The lowest BCUT2D eigenvalue weighted by molar-refractivity contribution is 0.533. The fourth-order valence-corrected chi connectivity index (χ4v) is 3.09. The highest BCUT2D eigenvalue weighted by molar-refractivity contribution is 9.10. The molecule has 1 aromatic heterocycles. The molecule has 0 fully saturated rings. The molecule has 1 atom stereocenters. The maximum atomic E-state index is 6.44. The van der Waals surface area contributed by atoms with E-state index in [-0.39, 0.29) is 0 Å². The third kappa shape index (κ3) is 4.09. The second kappa shape index (κ2) is 7.43. The van der Waals surface area contributed by atoms with Crippen molar-refractivity contribution >= 4 is 27.5 Å². The number of benzene rings is 1. The molecule has 2 aromatic rings. The SMILES string of the molecule is CCc1nn(C)c(CC(Cc2ccc(Br)cc2)NC)c1Cl. The van der Waals surface area contributed by atoms with Crippen molar-refractivity contribution in [2.45, 2.75) is 32.2 Å². The van der Waals surface area contributed by atoms with Gasteiger partial charge >= 0.3 is 0 Å². The smallest absolute Gasteiger partial charge is 0.0850 e. The molecular weight excluding hydrogens is 350 g/mol. The Bertz CT molecular complexity index is 592. The summed E-state index contributed by atoms with van der Waals surface area (Å²) in [5.41, 5.74) is 3.39. The molecule has 1 heterocycles. The summed E-state index contributed by atoms with van der Waals surface area (Å²) in [7, 11) is 3.96. The zero-order valence-electron chi connectivity index (χ0n) is 12.7. The van der Waals surface area contributed by atoms with Crippen LogP contribution in [-0.2, 0) is 26.3 Å². The summed E-state index contributed by atoms with van der Waals surface area (Å²) in [4.78, 5) is 0. The van der Waals surface area contributed by atoms with Crippen molar-refractivity contribution < 1.29 is 0 Å². The predicted octanol–water partition coefficient (Wildman–Crippen LogP) is 3.77. The largest absolute Gasteiger partial charge is 0.316 e. The highest BCUT2D eigenvalue weighted by Crippen LogP contribution is 2.23. The van der Waals surface area contributed by atoms with E-state index in [0.717, 1.165) is 40.1 Å². The first kappa shape index (κ1) is 16.5. The maximum Gasteiger partial charge on any atom is 0.0850 e. The predicted molar refractivity (Wildman–Crippen MR) is 92.0 cm³/mol. The van der Waals surface area contributed by atoms with E-state index in [1.807, 2.05) is 18.8 Å². The Morgan fingerprint density at radius 3 is 2.48 bits per heavy atom. The molecule has 0 spiro atoms. The molecule has 5 heteroatoms. The van der Waals surface area contributed by atoms with Crippen molar-refractivity contribution in [1.29, 1.82) is 0 Å². The molecule has 0 bridgehead atoms. The average molecular weight is 371 g/mol. The van der Waals surface area contributed by atoms with Crippen LogP contribution >= 0.6 is 27.5 Å². The molecular formula is C16H21BrClN3. The van der Waals surface area contributed by atoms with E-state index in [2.05, 4.69) is 57.5 Å². The van der Waals surface area contributed by atoms with Crippen LogP contribution in [0.2, 0.25) is 5.02 Å². The Morgan fingerprint density at radius 2 is 1.95 bits per heavy atom. The van der Waals surface area contributed by atoms with Crippen LogP contribution in [0.25, 0.3) is 0 Å². The van der Waals surface area contributed by atoms with E-state index in [0.29, 0.717) is 6.04 Å². The number of aromatic nitrogens is 2. The van der Waals surface area contributed by atoms with Gasteiger partial charge in [0.25, 0.3) is 0 Å². The summed E-state index contributed by atoms with van der Waals surface area (Å²) >= 11 is 9.90. The lowest BCUT2D eigenvalue weighted by Crippen LogP contribution is -2.30.